The summed E-state index contributed by atoms with van der Waals surface area (Å²) >= 11 is 0. The minimum Gasteiger partial charge on any atom is -0.462 e. The van der Waals surface area contributed by atoms with E-state index in [0.29, 0.717) is 10.8 Å². The number of aliphatic hydroxyl groups excluding tert-OH is 1. The second-order valence-electron chi connectivity index (χ2n) is 8.77. The highest BCUT2D eigenvalue weighted by molar-refractivity contribution is 7.52. The molecular formula is C22H28F2N3O10P. The molecule has 3 rings (SSSR count). The van der Waals surface area contributed by atoms with Crippen molar-refractivity contribution in [2.24, 2.45) is 0 Å². The molecule has 4 N–H and O–H groups in total. The fourth-order valence-corrected chi connectivity index (χ4v) is 5.05. The topological polar surface area (TPSA) is 178 Å². The van der Waals surface area contributed by atoms with Gasteiger partial charge < -0.3 is 24.2 Å². The summed E-state index contributed by atoms with van der Waals surface area (Å²) in [6.45, 7) is 2.09. The number of hydrogen-bond donors (Lipinski definition) is 4. The second-order valence-corrected chi connectivity index (χ2v) is 10.5. The highest BCUT2D eigenvalue weighted by atomic mass is 31.2. The summed E-state index contributed by atoms with van der Waals surface area (Å²) in [6, 6.07) is 6.52. The third kappa shape index (κ3) is 6.54. The molecule has 1 aromatic heterocycles. The molecule has 1 aliphatic heterocycles. The first-order chi connectivity index (χ1) is 17.8. The molecule has 1 aromatic carbocycles. The van der Waals surface area contributed by atoms with Crippen molar-refractivity contribution >= 4 is 13.7 Å². The molecule has 0 amide bonds. The van der Waals surface area contributed by atoms with Crippen molar-refractivity contribution in [3.63, 3.8) is 0 Å². The SMILES string of the molecule is CC(C)OC(=O)[C@H](C)N[P@](=O)(OC[C@H]1O[C@@H](n2cc(F)c(=O)[nH]c2=O)[C@@](O)(CF)C1O)Oc1ccccc1. The maximum Gasteiger partial charge on any atom is 0.459 e. The van der Waals surface area contributed by atoms with Gasteiger partial charge in [-0.3, -0.25) is 23.7 Å². The lowest BCUT2D eigenvalue weighted by Gasteiger charge is -2.28. The summed E-state index contributed by atoms with van der Waals surface area (Å²) in [5.74, 6) is -2.13. The number of aromatic nitrogens is 2. The van der Waals surface area contributed by atoms with E-state index in [0.717, 1.165) is 0 Å². The molecule has 1 aliphatic rings. The van der Waals surface area contributed by atoms with E-state index < -0.39 is 80.2 Å². The molecule has 2 heterocycles. The van der Waals surface area contributed by atoms with Gasteiger partial charge in [-0.05, 0) is 32.9 Å². The van der Waals surface area contributed by atoms with Gasteiger partial charge in [0, 0.05) is 0 Å². The number of aliphatic hydroxyl groups is 2. The Balaban J connectivity index is 1.85. The Kier molecular flexibility index (Phi) is 9.23. The third-order valence-electron chi connectivity index (χ3n) is 5.42. The van der Waals surface area contributed by atoms with Crippen LogP contribution in [0.5, 0.6) is 5.75 Å². The number of para-hydroxylation sites is 1. The Bertz CT molecular complexity index is 1290. The number of benzene rings is 1. The first-order valence-corrected chi connectivity index (χ1v) is 12.9. The van der Waals surface area contributed by atoms with Crippen molar-refractivity contribution in [3.05, 3.63) is 63.2 Å². The number of halogens is 2. The van der Waals surface area contributed by atoms with E-state index in [-0.39, 0.29) is 5.75 Å². The second kappa shape index (κ2) is 11.8. The lowest BCUT2D eigenvalue weighted by atomic mass is 9.95. The zero-order chi connectivity index (χ0) is 28.3. The van der Waals surface area contributed by atoms with Gasteiger partial charge in [0.15, 0.2) is 11.8 Å². The van der Waals surface area contributed by atoms with Crippen molar-refractivity contribution < 1.29 is 46.9 Å². The highest BCUT2D eigenvalue weighted by Crippen LogP contribution is 2.47. The van der Waals surface area contributed by atoms with Crippen LogP contribution in [-0.4, -0.2) is 69.0 Å². The summed E-state index contributed by atoms with van der Waals surface area (Å²) in [7, 11) is -4.43. The maximum atomic E-state index is 13.9. The minimum atomic E-state index is -4.43. The Hall–Kier alpha value is -2.94. The quantitative estimate of drug-likeness (QED) is 0.224. The number of ether oxygens (including phenoxy) is 2. The number of aromatic amines is 1. The van der Waals surface area contributed by atoms with Gasteiger partial charge in [0.2, 0.25) is 5.82 Å². The van der Waals surface area contributed by atoms with Crippen LogP contribution < -0.4 is 20.9 Å². The van der Waals surface area contributed by atoms with Crippen molar-refractivity contribution in [3.8, 4) is 5.75 Å². The smallest absolute Gasteiger partial charge is 0.459 e. The largest absolute Gasteiger partial charge is 0.462 e. The maximum absolute atomic E-state index is 13.9. The number of nitrogens with zero attached hydrogens (tertiary/aromatic N) is 1. The first kappa shape index (κ1) is 29.6. The average molecular weight is 563 g/mol. The fourth-order valence-electron chi connectivity index (χ4n) is 3.55. The van der Waals surface area contributed by atoms with E-state index in [2.05, 4.69) is 5.09 Å². The van der Waals surface area contributed by atoms with E-state index in [1.54, 1.807) is 37.0 Å². The summed E-state index contributed by atoms with van der Waals surface area (Å²) < 4.78 is 63.0. The van der Waals surface area contributed by atoms with Gasteiger partial charge in [-0.1, -0.05) is 18.2 Å². The Morgan fingerprint density at radius 3 is 2.55 bits per heavy atom. The van der Waals surface area contributed by atoms with Crippen LogP contribution in [0.25, 0.3) is 0 Å². The van der Waals surface area contributed by atoms with Crippen molar-refractivity contribution in [1.82, 2.24) is 14.6 Å². The van der Waals surface area contributed by atoms with Crippen molar-refractivity contribution in [2.45, 2.75) is 57.0 Å². The van der Waals surface area contributed by atoms with E-state index in [1.165, 1.54) is 19.1 Å². The molecule has 13 nitrogen and oxygen atoms in total. The van der Waals surface area contributed by atoms with Crippen LogP contribution >= 0.6 is 7.75 Å². The Morgan fingerprint density at radius 2 is 1.95 bits per heavy atom. The summed E-state index contributed by atoms with van der Waals surface area (Å²) in [4.78, 5) is 37.4. The van der Waals surface area contributed by atoms with Crippen LogP contribution in [0.1, 0.15) is 27.0 Å². The molecule has 0 aliphatic carbocycles. The molecule has 1 unspecified atom stereocenters. The molecule has 38 heavy (non-hydrogen) atoms. The van der Waals surface area contributed by atoms with Gasteiger partial charge in [-0.15, -0.1) is 0 Å². The summed E-state index contributed by atoms with van der Waals surface area (Å²) in [5, 5.41) is 23.8. The molecule has 0 spiro atoms. The molecule has 16 heteroatoms. The standard InChI is InChI=1S/C22H28F2N3O10P/c1-12(2)35-19(30)13(3)26-38(33,37-14-7-5-4-6-8-14)34-10-16-17(28)22(32,11-23)20(36-16)27-9-15(24)18(29)25-21(27)31/h4-9,12-13,16-17,20,28,32H,10-11H2,1-3H3,(H,26,33)(H,25,29,31)/t13-,16+,17?,20+,22+,38-/m0/s1. The molecule has 6 atom stereocenters. The summed E-state index contributed by atoms with van der Waals surface area (Å²) in [6.07, 6.45) is -5.80. The van der Waals surface area contributed by atoms with Gasteiger partial charge in [0.05, 0.1) is 18.9 Å². The number of alkyl halides is 1. The molecule has 0 saturated carbocycles. The summed E-state index contributed by atoms with van der Waals surface area (Å²) in [5.41, 5.74) is -5.39. The number of rotatable bonds is 11. The molecule has 1 saturated heterocycles. The molecule has 0 bridgehead atoms. The van der Waals surface area contributed by atoms with Crippen LogP contribution in [0.15, 0.2) is 46.1 Å². The van der Waals surface area contributed by atoms with Crippen LogP contribution in [0.4, 0.5) is 8.78 Å². The number of esters is 1. The van der Waals surface area contributed by atoms with Crippen LogP contribution in [0.3, 0.4) is 0 Å². The third-order valence-corrected chi connectivity index (χ3v) is 7.07. The van der Waals surface area contributed by atoms with Crippen LogP contribution in [0.2, 0.25) is 0 Å². The predicted octanol–water partition coefficient (Wildman–Crippen LogP) is 0.768. The van der Waals surface area contributed by atoms with E-state index >= 15 is 0 Å². The van der Waals surface area contributed by atoms with E-state index in [1.807, 2.05) is 0 Å². The van der Waals surface area contributed by atoms with Gasteiger partial charge in [-0.25, -0.2) is 13.8 Å². The molecule has 1 fully saturated rings. The average Bonchev–Trinajstić information content (AvgIpc) is 3.10. The van der Waals surface area contributed by atoms with Gasteiger partial charge in [-0.2, -0.15) is 9.48 Å². The Morgan fingerprint density at radius 1 is 1.29 bits per heavy atom. The normalized spacial score (nSPS) is 25.6. The van der Waals surface area contributed by atoms with Crippen molar-refractivity contribution in [1.29, 1.82) is 0 Å². The molecule has 0 radical (unpaired) electrons. The zero-order valence-electron chi connectivity index (χ0n) is 20.6. The fraction of sp³-hybridized carbons (Fsp3) is 0.500. The van der Waals surface area contributed by atoms with Crippen LogP contribution in [-0.2, 0) is 23.4 Å². The number of nitrogens with one attached hydrogen (secondary N) is 2. The Labute approximate surface area is 214 Å². The molecular weight excluding hydrogens is 535 g/mol. The monoisotopic (exact) mass is 563 g/mol. The minimum absolute atomic E-state index is 0.0778. The van der Waals surface area contributed by atoms with E-state index in [4.69, 9.17) is 18.5 Å². The van der Waals surface area contributed by atoms with Crippen LogP contribution in [0, 0.1) is 5.82 Å². The van der Waals surface area contributed by atoms with Gasteiger partial charge in [0.1, 0.15) is 30.7 Å². The van der Waals surface area contributed by atoms with E-state index in [9.17, 15) is 37.9 Å². The number of H-pyrrole nitrogens is 1. The zero-order valence-corrected chi connectivity index (χ0v) is 21.5. The first-order valence-electron chi connectivity index (χ1n) is 11.4. The number of carbonyl (C=O) groups is 1. The number of hydrogen-bond acceptors (Lipinski definition) is 10. The lowest BCUT2D eigenvalue weighted by molar-refractivity contribution is -0.149. The predicted molar refractivity (Wildman–Crippen MR) is 127 cm³/mol. The molecule has 210 valence electrons. The number of carbonyl (C=O) groups excluding carboxylic acids is 1. The van der Waals surface area contributed by atoms with Gasteiger partial charge in [0.25, 0.3) is 5.56 Å². The highest BCUT2D eigenvalue weighted by Gasteiger charge is 2.57. The van der Waals surface area contributed by atoms with Crippen molar-refractivity contribution in [2.75, 3.05) is 13.3 Å². The van der Waals surface area contributed by atoms with Gasteiger partial charge >= 0.3 is 19.4 Å². The lowest BCUT2D eigenvalue weighted by Crippen LogP contribution is -2.51. The molecule has 2 aromatic rings.